The summed E-state index contributed by atoms with van der Waals surface area (Å²) in [5, 5.41) is 11.8. The first-order chi connectivity index (χ1) is 12.7. The van der Waals surface area contributed by atoms with Crippen LogP contribution >= 0.6 is 0 Å². The fraction of sp³-hybridized carbons (Fsp3) is 0.850. The van der Waals surface area contributed by atoms with Gasteiger partial charge in [-0.2, -0.15) is 0 Å². The van der Waals surface area contributed by atoms with Crippen LogP contribution in [-0.4, -0.2) is 71.5 Å². The zero-order chi connectivity index (χ0) is 21.0. The van der Waals surface area contributed by atoms with Gasteiger partial charge in [0.1, 0.15) is 0 Å². The van der Waals surface area contributed by atoms with Gasteiger partial charge in [-0.1, -0.05) is 34.6 Å². The summed E-state index contributed by atoms with van der Waals surface area (Å²) in [4.78, 5) is 38.2. The molecule has 27 heavy (non-hydrogen) atoms. The number of piperidine rings is 1. The predicted molar refractivity (Wildman–Crippen MR) is 107 cm³/mol. The zero-order valence-electron chi connectivity index (χ0n) is 18.0. The van der Waals surface area contributed by atoms with Crippen LogP contribution in [0.25, 0.3) is 0 Å². The van der Waals surface area contributed by atoms with Crippen LogP contribution < -0.4 is 5.32 Å². The third-order valence-electron chi connectivity index (χ3n) is 4.27. The minimum absolute atomic E-state index is 0.0321. The van der Waals surface area contributed by atoms with Gasteiger partial charge in [-0.3, -0.25) is 14.4 Å². The van der Waals surface area contributed by atoms with Gasteiger partial charge in [-0.15, -0.1) is 0 Å². The Kier molecular flexibility index (Phi) is 12.7. The molecule has 2 aliphatic heterocycles. The quantitative estimate of drug-likeness (QED) is 0.774. The molecule has 2 heterocycles. The Morgan fingerprint density at radius 3 is 2.15 bits per heavy atom. The maximum Gasteiger partial charge on any atom is 0.303 e. The van der Waals surface area contributed by atoms with E-state index in [4.69, 9.17) is 5.11 Å². The number of piperazine rings is 1. The number of carboxylic acid groups (broad SMARTS) is 1. The Morgan fingerprint density at radius 2 is 1.67 bits per heavy atom. The summed E-state index contributed by atoms with van der Waals surface area (Å²) in [5.74, 6) is 0.147. The van der Waals surface area contributed by atoms with Crippen LogP contribution in [-0.2, 0) is 14.4 Å². The van der Waals surface area contributed by atoms with Gasteiger partial charge in [0, 0.05) is 32.6 Å². The van der Waals surface area contributed by atoms with Gasteiger partial charge in [0.2, 0.25) is 11.8 Å². The second-order valence-electron chi connectivity index (χ2n) is 7.59. The fourth-order valence-electron chi connectivity index (χ4n) is 2.94. The molecule has 0 aliphatic carbocycles. The molecule has 0 bridgehead atoms. The number of likely N-dealkylation sites (tertiary alicyclic amines) is 1. The number of nitrogens with one attached hydrogen (secondary N) is 1. The Morgan fingerprint density at radius 1 is 1.15 bits per heavy atom. The molecule has 2 fully saturated rings. The van der Waals surface area contributed by atoms with Crippen molar-refractivity contribution in [3.05, 3.63) is 0 Å². The Hall–Kier alpha value is -1.63. The molecule has 2 aliphatic rings. The van der Waals surface area contributed by atoms with Crippen molar-refractivity contribution >= 4 is 17.8 Å². The molecule has 1 atom stereocenters. The molecule has 0 radical (unpaired) electrons. The molecule has 0 aromatic carbocycles. The molecule has 7 nitrogen and oxygen atoms in total. The molecule has 0 spiro atoms. The van der Waals surface area contributed by atoms with E-state index in [1.165, 1.54) is 0 Å². The lowest BCUT2D eigenvalue weighted by Crippen LogP contribution is -2.56. The van der Waals surface area contributed by atoms with Gasteiger partial charge >= 0.3 is 5.97 Å². The average Bonchev–Trinajstić information content (AvgIpc) is 2.60. The number of rotatable bonds is 4. The molecule has 158 valence electrons. The first kappa shape index (κ1) is 25.4. The van der Waals surface area contributed by atoms with Crippen molar-refractivity contribution in [1.29, 1.82) is 0 Å². The molecule has 0 saturated carbocycles. The molecule has 0 aromatic heterocycles. The SMILES string of the molecule is CC.CC(C)C.CC1NCCN(CC(=O)N2CCC(CC(=O)O)CC2)C1=O. The molecule has 2 amide bonds. The maximum absolute atomic E-state index is 12.2. The normalized spacial score (nSPS) is 20.4. The summed E-state index contributed by atoms with van der Waals surface area (Å²) in [6.45, 7) is 14.9. The molecule has 2 saturated heterocycles. The van der Waals surface area contributed by atoms with Crippen molar-refractivity contribution in [2.24, 2.45) is 11.8 Å². The van der Waals surface area contributed by atoms with Crippen molar-refractivity contribution in [1.82, 2.24) is 15.1 Å². The van der Waals surface area contributed by atoms with Crippen LogP contribution in [0.1, 0.15) is 60.8 Å². The highest BCUT2D eigenvalue weighted by molar-refractivity contribution is 5.87. The lowest BCUT2D eigenvalue weighted by molar-refractivity contribution is -0.144. The molecule has 2 N–H and O–H groups in total. The summed E-state index contributed by atoms with van der Waals surface area (Å²) in [6, 6.07) is -0.229. The van der Waals surface area contributed by atoms with Crippen molar-refractivity contribution in [2.45, 2.75) is 66.8 Å². The first-order valence-corrected chi connectivity index (χ1v) is 10.2. The van der Waals surface area contributed by atoms with Gasteiger partial charge < -0.3 is 20.2 Å². The number of hydrogen-bond donors (Lipinski definition) is 2. The smallest absolute Gasteiger partial charge is 0.303 e. The van der Waals surface area contributed by atoms with E-state index in [1.807, 2.05) is 13.8 Å². The van der Waals surface area contributed by atoms with Crippen LogP contribution in [0.2, 0.25) is 0 Å². The predicted octanol–water partition coefficient (Wildman–Crippen LogP) is 2.21. The minimum Gasteiger partial charge on any atom is -0.481 e. The van der Waals surface area contributed by atoms with Crippen molar-refractivity contribution in [3.8, 4) is 0 Å². The maximum atomic E-state index is 12.2. The summed E-state index contributed by atoms with van der Waals surface area (Å²) in [7, 11) is 0. The summed E-state index contributed by atoms with van der Waals surface area (Å²) in [5.41, 5.74) is 0. The van der Waals surface area contributed by atoms with E-state index in [2.05, 4.69) is 26.1 Å². The van der Waals surface area contributed by atoms with Crippen LogP contribution in [0.15, 0.2) is 0 Å². The second kappa shape index (κ2) is 13.5. The molecular weight excluding hydrogens is 346 g/mol. The van der Waals surface area contributed by atoms with Crippen molar-refractivity contribution < 1.29 is 19.5 Å². The van der Waals surface area contributed by atoms with E-state index < -0.39 is 5.97 Å². The average molecular weight is 386 g/mol. The van der Waals surface area contributed by atoms with E-state index in [-0.39, 0.29) is 36.7 Å². The zero-order valence-corrected chi connectivity index (χ0v) is 18.0. The van der Waals surface area contributed by atoms with E-state index in [0.717, 1.165) is 18.8 Å². The first-order valence-electron chi connectivity index (χ1n) is 10.2. The van der Waals surface area contributed by atoms with Gasteiger partial charge in [0.15, 0.2) is 0 Å². The fourth-order valence-corrected chi connectivity index (χ4v) is 2.94. The standard InChI is InChI=1S/C14H23N3O4.C4H10.C2H6/c1-10-14(21)17(7-4-15-10)9-12(18)16-5-2-11(3-6-16)8-13(19)20;1-4(2)3;1-2/h10-11,15H,2-9H2,1H3,(H,19,20);4H,1-3H3;1-2H3. The van der Waals surface area contributed by atoms with Gasteiger partial charge in [-0.25, -0.2) is 0 Å². The minimum atomic E-state index is -0.778. The Bertz CT molecular complexity index is 457. The number of carbonyl (C=O) groups excluding carboxylic acids is 2. The highest BCUT2D eigenvalue weighted by Crippen LogP contribution is 2.20. The monoisotopic (exact) mass is 385 g/mol. The summed E-state index contributed by atoms with van der Waals surface area (Å²) < 4.78 is 0. The lowest BCUT2D eigenvalue weighted by atomic mass is 9.93. The number of carboxylic acids is 1. The van der Waals surface area contributed by atoms with Gasteiger partial charge in [0.25, 0.3) is 0 Å². The molecule has 2 rings (SSSR count). The molecule has 1 unspecified atom stereocenters. The van der Waals surface area contributed by atoms with Crippen LogP contribution in [0.4, 0.5) is 0 Å². The largest absolute Gasteiger partial charge is 0.481 e. The van der Waals surface area contributed by atoms with E-state index in [0.29, 0.717) is 26.2 Å². The number of aliphatic carboxylic acids is 1. The summed E-state index contributed by atoms with van der Waals surface area (Å²) >= 11 is 0. The summed E-state index contributed by atoms with van der Waals surface area (Å²) in [6.07, 6.45) is 1.63. The Balaban J connectivity index is 0.000000998. The second-order valence-corrected chi connectivity index (χ2v) is 7.59. The van der Waals surface area contributed by atoms with Crippen LogP contribution in [0.5, 0.6) is 0 Å². The van der Waals surface area contributed by atoms with Crippen LogP contribution in [0, 0.1) is 11.8 Å². The number of nitrogens with zero attached hydrogens (tertiary/aromatic N) is 2. The van der Waals surface area contributed by atoms with Crippen LogP contribution in [0.3, 0.4) is 0 Å². The molecule has 0 aromatic rings. The third-order valence-corrected chi connectivity index (χ3v) is 4.27. The highest BCUT2D eigenvalue weighted by atomic mass is 16.4. The van der Waals surface area contributed by atoms with Gasteiger partial charge in [-0.05, 0) is 31.6 Å². The lowest BCUT2D eigenvalue weighted by Gasteiger charge is -2.35. The molecular formula is C20H39N3O4. The Labute approximate surface area is 164 Å². The number of amides is 2. The topological polar surface area (TPSA) is 90.0 Å². The highest BCUT2D eigenvalue weighted by Gasteiger charge is 2.29. The number of carbonyl (C=O) groups is 3. The van der Waals surface area contributed by atoms with E-state index >= 15 is 0 Å². The van der Waals surface area contributed by atoms with Gasteiger partial charge in [0.05, 0.1) is 12.6 Å². The van der Waals surface area contributed by atoms with Crippen molar-refractivity contribution in [3.63, 3.8) is 0 Å². The van der Waals surface area contributed by atoms with E-state index in [1.54, 1.807) is 16.7 Å². The van der Waals surface area contributed by atoms with Crippen molar-refractivity contribution in [2.75, 3.05) is 32.7 Å². The third kappa shape index (κ3) is 10.3. The van der Waals surface area contributed by atoms with E-state index in [9.17, 15) is 14.4 Å². The molecule has 7 heteroatoms. The number of hydrogen-bond acceptors (Lipinski definition) is 4.